The summed E-state index contributed by atoms with van der Waals surface area (Å²) in [6.07, 6.45) is -0.366. The van der Waals surface area contributed by atoms with Crippen LogP contribution >= 0.6 is 0 Å². The standard InChI is InChI=1S/C3H8NO.Li/c1-3(4)5-2;/h3-4H,1-2H3;/q-1;+1. The number of nitrogens with one attached hydrogen (secondary N) is 1. The van der Waals surface area contributed by atoms with E-state index in [-0.39, 0.29) is 25.1 Å². The molecule has 32 valence electrons. The number of ether oxygens (including phenoxy) is 1. The van der Waals surface area contributed by atoms with Crippen molar-refractivity contribution in [3.63, 3.8) is 0 Å². The zero-order valence-electron chi connectivity index (χ0n) is 4.49. The molecule has 0 radical (unpaired) electrons. The molecule has 0 spiro atoms. The molecule has 1 N–H and O–H groups in total. The minimum Gasteiger partial charge on any atom is -0.652 e. The van der Waals surface area contributed by atoms with Gasteiger partial charge in [0, 0.05) is 7.11 Å². The maximum absolute atomic E-state index is 6.60. The molecule has 0 rings (SSSR count). The Hall–Kier alpha value is 0.517. The van der Waals surface area contributed by atoms with Gasteiger partial charge in [-0.1, -0.05) is 6.92 Å². The Balaban J connectivity index is 0. The molecule has 1 unspecified atom stereocenters. The van der Waals surface area contributed by atoms with E-state index in [0.717, 1.165) is 0 Å². The smallest absolute Gasteiger partial charge is 0.652 e. The van der Waals surface area contributed by atoms with Crippen molar-refractivity contribution >= 4 is 0 Å². The topological polar surface area (TPSA) is 33.0 Å². The van der Waals surface area contributed by atoms with Gasteiger partial charge in [0.15, 0.2) is 0 Å². The van der Waals surface area contributed by atoms with Crippen molar-refractivity contribution in [2.24, 2.45) is 0 Å². The van der Waals surface area contributed by atoms with Gasteiger partial charge in [-0.15, -0.1) is 0 Å². The number of methoxy groups -OCH3 is 1. The summed E-state index contributed by atoms with van der Waals surface area (Å²) in [5.74, 6) is 0. The quantitative estimate of drug-likeness (QED) is 0.337. The fourth-order valence-electron chi connectivity index (χ4n) is 0. The zero-order valence-corrected chi connectivity index (χ0v) is 4.49. The molecule has 0 aliphatic rings. The fraction of sp³-hybridized carbons (Fsp3) is 1.00. The Morgan fingerprint density at radius 3 is 1.83 bits per heavy atom. The van der Waals surface area contributed by atoms with Gasteiger partial charge in [0.1, 0.15) is 0 Å². The first-order valence-electron chi connectivity index (χ1n) is 1.51. The molecule has 0 aliphatic heterocycles. The van der Waals surface area contributed by atoms with Crippen LogP contribution in [0.1, 0.15) is 6.92 Å². The molecule has 0 saturated heterocycles. The van der Waals surface area contributed by atoms with Crippen molar-refractivity contribution in [2.45, 2.75) is 13.2 Å². The van der Waals surface area contributed by atoms with Gasteiger partial charge in [-0.05, 0) is 6.23 Å². The molecule has 0 heterocycles. The van der Waals surface area contributed by atoms with Gasteiger partial charge in [-0.25, -0.2) is 0 Å². The van der Waals surface area contributed by atoms with Crippen molar-refractivity contribution in [2.75, 3.05) is 7.11 Å². The molecule has 0 bridgehead atoms. The van der Waals surface area contributed by atoms with E-state index in [4.69, 9.17) is 5.73 Å². The molecule has 0 aromatic rings. The first-order valence-corrected chi connectivity index (χ1v) is 1.51. The minimum absolute atomic E-state index is 0. The molecule has 1 atom stereocenters. The third-order valence-corrected chi connectivity index (χ3v) is 0.354. The fourth-order valence-corrected chi connectivity index (χ4v) is 0. The molecule has 0 amide bonds. The average Bonchev–Trinajstić information content (AvgIpc) is 1.38. The maximum Gasteiger partial charge on any atom is 1.00 e. The van der Waals surface area contributed by atoms with Crippen molar-refractivity contribution in [1.82, 2.24) is 0 Å². The summed E-state index contributed by atoms with van der Waals surface area (Å²) in [7, 11) is 1.51. The second kappa shape index (κ2) is 5.52. The van der Waals surface area contributed by atoms with Crippen LogP contribution < -0.4 is 18.9 Å². The molecule has 3 heteroatoms. The van der Waals surface area contributed by atoms with E-state index >= 15 is 0 Å². The molecule has 0 aliphatic carbocycles. The Labute approximate surface area is 50.2 Å². The minimum atomic E-state index is -0.366. The van der Waals surface area contributed by atoms with Crippen LogP contribution in [-0.2, 0) is 4.74 Å². The Morgan fingerprint density at radius 2 is 1.83 bits per heavy atom. The second-order valence-electron chi connectivity index (χ2n) is 0.878. The summed E-state index contributed by atoms with van der Waals surface area (Å²) in [5, 5.41) is 0. The summed E-state index contributed by atoms with van der Waals surface area (Å²) in [6.45, 7) is 1.67. The van der Waals surface area contributed by atoms with Crippen molar-refractivity contribution in [3.8, 4) is 0 Å². The van der Waals surface area contributed by atoms with Crippen LogP contribution in [0.15, 0.2) is 0 Å². The molecule has 0 aromatic carbocycles. The zero-order chi connectivity index (χ0) is 4.28. The number of rotatable bonds is 1. The Bertz CT molecular complexity index is 24.8. The third-order valence-electron chi connectivity index (χ3n) is 0.354. The van der Waals surface area contributed by atoms with Gasteiger partial charge in [0.2, 0.25) is 0 Å². The molecule has 2 nitrogen and oxygen atoms in total. The molecule has 0 fully saturated rings. The van der Waals surface area contributed by atoms with Gasteiger partial charge < -0.3 is 10.5 Å². The summed E-state index contributed by atoms with van der Waals surface area (Å²) in [6, 6.07) is 0. The van der Waals surface area contributed by atoms with Crippen LogP contribution in [0.25, 0.3) is 5.73 Å². The molecular weight excluding hydrogens is 73.0 g/mol. The third kappa shape index (κ3) is 8.82. The average molecular weight is 81.0 g/mol. The van der Waals surface area contributed by atoms with Crippen LogP contribution in [0, 0.1) is 0 Å². The Morgan fingerprint density at radius 1 is 1.67 bits per heavy atom. The number of hydrogen-bond acceptors (Lipinski definition) is 1. The van der Waals surface area contributed by atoms with Crippen LogP contribution in [0.4, 0.5) is 0 Å². The SMILES string of the molecule is COC(C)[NH-].[Li+]. The summed E-state index contributed by atoms with van der Waals surface area (Å²) in [5.41, 5.74) is 6.60. The first kappa shape index (κ1) is 9.72. The van der Waals surface area contributed by atoms with E-state index in [9.17, 15) is 0 Å². The van der Waals surface area contributed by atoms with Crippen LogP contribution in [-0.4, -0.2) is 13.3 Å². The van der Waals surface area contributed by atoms with E-state index in [1.807, 2.05) is 0 Å². The second-order valence-corrected chi connectivity index (χ2v) is 0.878. The van der Waals surface area contributed by atoms with Gasteiger partial charge in [-0.3, -0.25) is 0 Å². The summed E-state index contributed by atoms with van der Waals surface area (Å²) < 4.78 is 4.42. The van der Waals surface area contributed by atoms with E-state index in [0.29, 0.717) is 0 Å². The molecule has 0 saturated carbocycles. The predicted octanol–water partition coefficient (Wildman–Crippen LogP) is -1.96. The van der Waals surface area contributed by atoms with E-state index in [1.54, 1.807) is 6.92 Å². The summed E-state index contributed by atoms with van der Waals surface area (Å²) >= 11 is 0. The molecular formula is C3H8LiNO. The van der Waals surface area contributed by atoms with Crippen molar-refractivity contribution in [1.29, 1.82) is 0 Å². The Kier molecular flexibility index (Phi) is 8.94. The van der Waals surface area contributed by atoms with Crippen LogP contribution in [0.5, 0.6) is 0 Å². The van der Waals surface area contributed by atoms with Crippen LogP contribution in [0.3, 0.4) is 0 Å². The van der Waals surface area contributed by atoms with Gasteiger partial charge in [0.25, 0.3) is 0 Å². The first-order chi connectivity index (χ1) is 2.27. The maximum atomic E-state index is 6.60. The van der Waals surface area contributed by atoms with Crippen molar-refractivity contribution < 1.29 is 23.6 Å². The number of hydrogen-bond donors (Lipinski definition) is 0. The normalized spacial score (nSPS) is 12.5. The summed E-state index contributed by atoms with van der Waals surface area (Å²) in [4.78, 5) is 0. The van der Waals surface area contributed by atoms with Gasteiger partial charge >= 0.3 is 18.9 Å². The van der Waals surface area contributed by atoms with E-state index in [2.05, 4.69) is 4.74 Å². The van der Waals surface area contributed by atoms with Crippen molar-refractivity contribution in [3.05, 3.63) is 5.73 Å². The van der Waals surface area contributed by atoms with Gasteiger partial charge in [0.05, 0.1) is 0 Å². The molecule has 6 heavy (non-hydrogen) atoms. The monoisotopic (exact) mass is 81.1 g/mol. The predicted molar refractivity (Wildman–Crippen MR) is 20.8 cm³/mol. The van der Waals surface area contributed by atoms with Crippen LogP contribution in [0.2, 0.25) is 0 Å². The van der Waals surface area contributed by atoms with E-state index in [1.165, 1.54) is 7.11 Å². The van der Waals surface area contributed by atoms with Gasteiger partial charge in [-0.2, -0.15) is 0 Å². The van der Waals surface area contributed by atoms with E-state index < -0.39 is 0 Å². The largest absolute Gasteiger partial charge is 1.00 e. The molecule has 0 aromatic heterocycles.